The van der Waals surface area contributed by atoms with E-state index in [-0.39, 0.29) is 17.5 Å². The van der Waals surface area contributed by atoms with Crippen LogP contribution in [0.4, 0.5) is 4.39 Å². The molecule has 0 radical (unpaired) electrons. The van der Waals surface area contributed by atoms with Gasteiger partial charge in [0.15, 0.2) is 0 Å². The molecular formula is C15H21FN2O. The van der Waals surface area contributed by atoms with E-state index in [9.17, 15) is 4.39 Å². The number of halogens is 1. The number of hydrogen-bond donors (Lipinski definition) is 1. The standard InChI is InChI=1S/C15H21FN2O/c1-10-7-15(9-18(10)3)8-13(17-2)12-5-4-11(16)6-14(12)19-15/h4-6,10,13,17H,7-9H2,1-3H3. The lowest BCUT2D eigenvalue weighted by atomic mass is 9.85. The Morgan fingerprint density at radius 1 is 1.42 bits per heavy atom. The molecule has 1 N–H and O–H groups in total. The van der Waals surface area contributed by atoms with E-state index < -0.39 is 0 Å². The molecule has 2 aliphatic heterocycles. The van der Waals surface area contributed by atoms with Crippen molar-refractivity contribution in [3.8, 4) is 5.75 Å². The van der Waals surface area contributed by atoms with Crippen LogP contribution in [0.15, 0.2) is 18.2 Å². The van der Waals surface area contributed by atoms with E-state index >= 15 is 0 Å². The monoisotopic (exact) mass is 264 g/mol. The minimum absolute atomic E-state index is 0.178. The predicted octanol–water partition coefficient (Wildman–Crippen LogP) is 2.33. The predicted molar refractivity (Wildman–Crippen MR) is 72.9 cm³/mol. The molecule has 0 amide bonds. The first-order valence-electron chi connectivity index (χ1n) is 6.89. The largest absolute Gasteiger partial charge is 0.485 e. The molecule has 2 heterocycles. The van der Waals surface area contributed by atoms with Gasteiger partial charge in [-0.2, -0.15) is 0 Å². The van der Waals surface area contributed by atoms with Crippen molar-refractivity contribution in [1.29, 1.82) is 0 Å². The van der Waals surface area contributed by atoms with Gasteiger partial charge in [-0.25, -0.2) is 4.39 Å². The zero-order chi connectivity index (χ0) is 13.6. The molecule has 0 aromatic heterocycles. The highest BCUT2D eigenvalue weighted by Crippen LogP contribution is 2.44. The quantitative estimate of drug-likeness (QED) is 0.842. The molecule has 0 bridgehead atoms. The fourth-order valence-electron chi connectivity index (χ4n) is 3.49. The maximum atomic E-state index is 13.4. The Morgan fingerprint density at radius 3 is 2.84 bits per heavy atom. The number of likely N-dealkylation sites (N-methyl/N-ethyl adjacent to an activating group) is 1. The van der Waals surface area contributed by atoms with Gasteiger partial charge < -0.3 is 10.1 Å². The van der Waals surface area contributed by atoms with Crippen LogP contribution in [0.1, 0.15) is 31.4 Å². The first-order valence-corrected chi connectivity index (χ1v) is 6.89. The number of nitrogens with zero attached hydrogens (tertiary/aromatic N) is 1. The Morgan fingerprint density at radius 2 is 2.21 bits per heavy atom. The van der Waals surface area contributed by atoms with Crippen molar-refractivity contribution in [2.45, 2.75) is 37.5 Å². The summed E-state index contributed by atoms with van der Waals surface area (Å²) in [6, 6.07) is 5.61. The van der Waals surface area contributed by atoms with Gasteiger partial charge in [0, 0.05) is 43.1 Å². The van der Waals surface area contributed by atoms with Crippen LogP contribution in [0.2, 0.25) is 0 Å². The normalized spacial score (nSPS) is 34.3. The number of ether oxygens (including phenoxy) is 1. The van der Waals surface area contributed by atoms with Crippen molar-refractivity contribution in [2.24, 2.45) is 0 Å². The lowest BCUT2D eigenvalue weighted by Crippen LogP contribution is -2.45. The van der Waals surface area contributed by atoms with E-state index in [0.29, 0.717) is 11.8 Å². The molecule has 1 aromatic carbocycles. The zero-order valence-electron chi connectivity index (χ0n) is 11.7. The summed E-state index contributed by atoms with van der Waals surface area (Å²) in [6.45, 7) is 3.12. The highest BCUT2D eigenvalue weighted by atomic mass is 19.1. The van der Waals surface area contributed by atoms with Crippen LogP contribution in [0.25, 0.3) is 0 Å². The molecule has 1 fully saturated rings. The van der Waals surface area contributed by atoms with Gasteiger partial charge in [-0.1, -0.05) is 6.07 Å². The summed E-state index contributed by atoms with van der Waals surface area (Å²) in [7, 11) is 4.08. The molecule has 3 unspecified atom stereocenters. The van der Waals surface area contributed by atoms with E-state index in [1.807, 2.05) is 13.1 Å². The van der Waals surface area contributed by atoms with E-state index in [0.717, 1.165) is 24.9 Å². The Kier molecular flexibility index (Phi) is 3.02. The molecule has 3 atom stereocenters. The molecule has 104 valence electrons. The average molecular weight is 264 g/mol. The van der Waals surface area contributed by atoms with Crippen LogP contribution >= 0.6 is 0 Å². The molecule has 1 saturated heterocycles. The summed E-state index contributed by atoms with van der Waals surface area (Å²) >= 11 is 0. The topological polar surface area (TPSA) is 24.5 Å². The molecule has 4 heteroatoms. The molecular weight excluding hydrogens is 243 g/mol. The minimum Gasteiger partial charge on any atom is -0.485 e. The maximum absolute atomic E-state index is 13.4. The fraction of sp³-hybridized carbons (Fsp3) is 0.600. The minimum atomic E-state index is -0.231. The first kappa shape index (κ1) is 12.9. The van der Waals surface area contributed by atoms with Crippen molar-refractivity contribution in [1.82, 2.24) is 10.2 Å². The summed E-state index contributed by atoms with van der Waals surface area (Å²) in [5, 5.41) is 3.34. The summed E-state index contributed by atoms with van der Waals surface area (Å²) in [4.78, 5) is 2.32. The molecule has 3 nitrogen and oxygen atoms in total. The van der Waals surface area contributed by atoms with Gasteiger partial charge in [0.25, 0.3) is 0 Å². The van der Waals surface area contributed by atoms with Crippen molar-refractivity contribution < 1.29 is 9.13 Å². The van der Waals surface area contributed by atoms with Gasteiger partial charge in [0.05, 0.1) is 0 Å². The highest BCUT2D eigenvalue weighted by Gasteiger charge is 2.47. The Balaban J connectivity index is 1.97. The van der Waals surface area contributed by atoms with Crippen LogP contribution in [0, 0.1) is 5.82 Å². The number of fused-ring (bicyclic) bond motifs is 1. The summed E-state index contributed by atoms with van der Waals surface area (Å²) < 4.78 is 19.7. The highest BCUT2D eigenvalue weighted by molar-refractivity contribution is 5.40. The summed E-state index contributed by atoms with van der Waals surface area (Å²) in [5.41, 5.74) is 0.888. The molecule has 1 spiro atoms. The van der Waals surface area contributed by atoms with Gasteiger partial charge in [0.2, 0.25) is 0 Å². The third-order valence-corrected chi connectivity index (χ3v) is 4.56. The van der Waals surface area contributed by atoms with Crippen molar-refractivity contribution >= 4 is 0 Å². The Bertz CT molecular complexity index is 481. The van der Waals surface area contributed by atoms with Gasteiger partial charge in [-0.15, -0.1) is 0 Å². The smallest absolute Gasteiger partial charge is 0.127 e. The maximum Gasteiger partial charge on any atom is 0.127 e. The Hall–Kier alpha value is -1.13. The second-order valence-electron chi connectivity index (χ2n) is 5.98. The van der Waals surface area contributed by atoms with Crippen molar-refractivity contribution in [3.63, 3.8) is 0 Å². The zero-order valence-corrected chi connectivity index (χ0v) is 11.7. The number of benzene rings is 1. The molecule has 1 aromatic rings. The first-order chi connectivity index (χ1) is 9.03. The van der Waals surface area contributed by atoms with Crippen LogP contribution < -0.4 is 10.1 Å². The molecule has 3 rings (SSSR count). The van der Waals surface area contributed by atoms with Crippen LogP contribution in [-0.2, 0) is 0 Å². The SMILES string of the molecule is CNC1CC2(CC(C)N(C)C2)Oc2cc(F)ccc21. The van der Waals surface area contributed by atoms with Crippen molar-refractivity contribution in [3.05, 3.63) is 29.6 Å². The van der Waals surface area contributed by atoms with Gasteiger partial charge >= 0.3 is 0 Å². The lowest BCUT2D eigenvalue weighted by Gasteiger charge is -2.39. The van der Waals surface area contributed by atoms with Crippen LogP contribution in [0.5, 0.6) is 5.75 Å². The molecule has 0 aliphatic carbocycles. The number of likely N-dealkylation sites (tertiary alicyclic amines) is 1. The average Bonchev–Trinajstić information content (AvgIpc) is 2.62. The molecule has 2 aliphatic rings. The lowest BCUT2D eigenvalue weighted by molar-refractivity contribution is 0.0413. The summed E-state index contributed by atoms with van der Waals surface area (Å²) in [6.07, 6.45) is 1.94. The molecule has 19 heavy (non-hydrogen) atoms. The fourth-order valence-corrected chi connectivity index (χ4v) is 3.49. The van der Waals surface area contributed by atoms with Crippen LogP contribution in [-0.4, -0.2) is 37.2 Å². The van der Waals surface area contributed by atoms with E-state index in [1.54, 1.807) is 0 Å². The van der Waals surface area contributed by atoms with E-state index in [4.69, 9.17) is 4.74 Å². The van der Waals surface area contributed by atoms with Gasteiger partial charge in [-0.3, -0.25) is 4.90 Å². The van der Waals surface area contributed by atoms with Gasteiger partial charge in [-0.05, 0) is 27.1 Å². The number of hydrogen-bond acceptors (Lipinski definition) is 3. The van der Waals surface area contributed by atoms with Gasteiger partial charge in [0.1, 0.15) is 17.2 Å². The van der Waals surface area contributed by atoms with Crippen molar-refractivity contribution in [2.75, 3.05) is 20.6 Å². The number of nitrogens with one attached hydrogen (secondary N) is 1. The second-order valence-corrected chi connectivity index (χ2v) is 5.98. The second kappa shape index (κ2) is 4.46. The van der Waals surface area contributed by atoms with Crippen LogP contribution in [0.3, 0.4) is 0 Å². The third-order valence-electron chi connectivity index (χ3n) is 4.56. The van der Waals surface area contributed by atoms with E-state index in [1.165, 1.54) is 12.1 Å². The third kappa shape index (κ3) is 2.13. The Labute approximate surface area is 113 Å². The van der Waals surface area contributed by atoms with E-state index in [2.05, 4.69) is 24.2 Å². The number of rotatable bonds is 1. The summed E-state index contributed by atoms with van der Waals surface area (Å²) in [5.74, 6) is 0.471. The molecule has 0 saturated carbocycles.